The van der Waals surface area contributed by atoms with Crippen molar-refractivity contribution in [2.24, 2.45) is 5.41 Å². The van der Waals surface area contributed by atoms with Gasteiger partial charge < -0.3 is 35.4 Å². The van der Waals surface area contributed by atoms with Gasteiger partial charge in [-0.2, -0.15) is 0 Å². The van der Waals surface area contributed by atoms with Gasteiger partial charge in [0.05, 0.1) is 31.9 Å². The number of aliphatic hydroxyl groups excluding tert-OH is 1. The summed E-state index contributed by atoms with van der Waals surface area (Å²) in [4.78, 5) is 40.1. The highest BCUT2D eigenvalue weighted by atomic mass is 19.1. The average molecular weight is 613 g/mol. The highest BCUT2D eigenvalue weighted by Gasteiger charge is 2.39. The van der Waals surface area contributed by atoms with Crippen molar-refractivity contribution >= 4 is 18.0 Å². The summed E-state index contributed by atoms with van der Waals surface area (Å²) < 4.78 is 24.3. The van der Waals surface area contributed by atoms with E-state index in [0.717, 1.165) is 30.4 Å². The van der Waals surface area contributed by atoms with Crippen molar-refractivity contribution in [3.8, 4) is 0 Å². The number of rotatable bonds is 14. The number of nitrogens with one attached hydrogen (secondary N) is 3. The molecule has 3 atom stereocenters. The Bertz CT molecular complexity index is 1200. The molecule has 1 saturated heterocycles. The predicted molar refractivity (Wildman–Crippen MR) is 163 cm³/mol. The zero-order chi connectivity index (χ0) is 31.4. The SMILES string of the molecule is C[C@@H](NC(=O)C(O)[C@H](CCCCNC(=O)N1CCOCC1)NC(=O)OCC1(Cc2ccc(F)cc2)CCC1)c1ccccc1. The van der Waals surface area contributed by atoms with Crippen LogP contribution in [0.1, 0.15) is 62.6 Å². The molecule has 2 aromatic rings. The summed E-state index contributed by atoms with van der Waals surface area (Å²) in [6, 6.07) is 14.4. The Hall–Kier alpha value is -3.70. The monoisotopic (exact) mass is 612 g/mol. The first-order valence-corrected chi connectivity index (χ1v) is 15.6. The number of unbranched alkanes of at least 4 members (excludes halogenated alkanes) is 1. The molecule has 2 fully saturated rings. The fourth-order valence-electron chi connectivity index (χ4n) is 5.67. The minimum atomic E-state index is -1.51. The van der Waals surface area contributed by atoms with Crippen molar-refractivity contribution in [2.45, 2.75) is 70.1 Å². The van der Waals surface area contributed by atoms with E-state index in [0.29, 0.717) is 58.5 Å². The molecule has 0 radical (unpaired) electrons. The number of nitrogens with zero attached hydrogens (tertiary/aromatic N) is 1. The molecule has 0 bridgehead atoms. The summed E-state index contributed by atoms with van der Waals surface area (Å²) in [6.45, 7) is 4.57. The number of alkyl carbamates (subject to hydrolysis) is 1. The summed E-state index contributed by atoms with van der Waals surface area (Å²) in [5, 5.41) is 19.5. The molecule has 240 valence electrons. The Morgan fingerprint density at radius 2 is 1.73 bits per heavy atom. The van der Waals surface area contributed by atoms with E-state index < -0.39 is 24.1 Å². The zero-order valence-electron chi connectivity index (χ0n) is 25.4. The topological polar surface area (TPSA) is 129 Å². The lowest BCUT2D eigenvalue weighted by molar-refractivity contribution is -0.131. The van der Waals surface area contributed by atoms with Crippen LogP contribution < -0.4 is 16.0 Å². The summed E-state index contributed by atoms with van der Waals surface area (Å²) in [7, 11) is 0. The van der Waals surface area contributed by atoms with E-state index in [-0.39, 0.29) is 29.9 Å². The lowest BCUT2D eigenvalue weighted by Crippen LogP contribution is -2.51. The summed E-state index contributed by atoms with van der Waals surface area (Å²) in [5.41, 5.74) is 1.65. The van der Waals surface area contributed by atoms with Gasteiger partial charge in [0.15, 0.2) is 6.10 Å². The van der Waals surface area contributed by atoms with Crippen LogP contribution in [0.5, 0.6) is 0 Å². The number of amides is 4. The quantitative estimate of drug-likeness (QED) is 0.238. The van der Waals surface area contributed by atoms with Gasteiger partial charge in [0.1, 0.15) is 5.82 Å². The van der Waals surface area contributed by atoms with Crippen LogP contribution in [0.15, 0.2) is 54.6 Å². The van der Waals surface area contributed by atoms with Crippen LogP contribution >= 0.6 is 0 Å². The Morgan fingerprint density at radius 3 is 2.39 bits per heavy atom. The molecule has 2 aromatic carbocycles. The molecule has 44 heavy (non-hydrogen) atoms. The van der Waals surface area contributed by atoms with Crippen LogP contribution in [0.2, 0.25) is 0 Å². The van der Waals surface area contributed by atoms with Crippen LogP contribution in [0.4, 0.5) is 14.0 Å². The molecule has 1 aliphatic carbocycles. The molecule has 4 rings (SSSR count). The maximum atomic E-state index is 13.4. The Balaban J connectivity index is 1.30. The number of aliphatic hydroxyl groups is 1. The van der Waals surface area contributed by atoms with Crippen molar-refractivity contribution < 1.29 is 33.4 Å². The van der Waals surface area contributed by atoms with E-state index in [1.165, 1.54) is 12.1 Å². The molecule has 11 heteroatoms. The third-order valence-corrected chi connectivity index (χ3v) is 8.54. The Morgan fingerprint density at radius 1 is 1.02 bits per heavy atom. The second-order valence-corrected chi connectivity index (χ2v) is 11.9. The lowest BCUT2D eigenvalue weighted by atomic mass is 9.66. The van der Waals surface area contributed by atoms with Gasteiger partial charge in [-0.1, -0.05) is 48.9 Å². The van der Waals surface area contributed by atoms with E-state index in [9.17, 15) is 23.9 Å². The fourth-order valence-corrected chi connectivity index (χ4v) is 5.67. The van der Waals surface area contributed by atoms with Crippen LogP contribution in [-0.2, 0) is 20.7 Å². The summed E-state index contributed by atoms with van der Waals surface area (Å²) in [6.07, 6.45) is 2.70. The largest absolute Gasteiger partial charge is 0.449 e. The first-order valence-electron chi connectivity index (χ1n) is 15.6. The van der Waals surface area contributed by atoms with Gasteiger partial charge >= 0.3 is 12.1 Å². The number of ether oxygens (including phenoxy) is 2. The van der Waals surface area contributed by atoms with Gasteiger partial charge in [-0.3, -0.25) is 4.79 Å². The summed E-state index contributed by atoms with van der Waals surface area (Å²) >= 11 is 0. The number of hydrogen-bond acceptors (Lipinski definition) is 6. The zero-order valence-corrected chi connectivity index (χ0v) is 25.4. The smallest absolute Gasteiger partial charge is 0.407 e. The number of morpholine rings is 1. The van der Waals surface area contributed by atoms with E-state index in [4.69, 9.17) is 9.47 Å². The molecule has 10 nitrogen and oxygen atoms in total. The van der Waals surface area contributed by atoms with Crippen molar-refractivity contribution in [1.29, 1.82) is 0 Å². The molecule has 4 N–H and O–H groups in total. The molecule has 2 aliphatic rings. The molecular formula is C33H45FN4O6. The van der Waals surface area contributed by atoms with Crippen molar-refractivity contribution in [3.05, 3.63) is 71.5 Å². The van der Waals surface area contributed by atoms with E-state index in [2.05, 4.69) is 16.0 Å². The first kappa shape index (κ1) is 33.2. The van der Waals surface area contributed by atoms with E-state index in [1.54, 1.807) is 17.0 Å². The van der Waals surface area contributed by atoms with E-state index >= 15 is 0 Å². The number of hydrogen-bond donors (Lipinski definition) is 4. The van der Waals surface area contributed by atoms with Gasteiger partial charge in [-0.05, 0) is 68.7 Å². The minimum absolute atomic E-state index is 0.147. The highest BCUT2D eigenvalue weighted by molar-refractivity contribution is 5.82. The number of carbonyl (C=O) groups is 3. The molecule has 1 saturated carbocycles. The van der Waals surface area contributed by atoms with Gasteiger partial charge in [-0.25, -0.2) is 14.0 Å². The summed E-state index contributed by atoms with van der Waals surface area (Å²) in [5.74, 6) is -0.891. The van der Waals surface area contributed by atoms with E-state index in [1.807, 2.05) is 37.3 Å². The van der Waals surface area contributed by atoms with Crippen molar-refractivity contribution in [2.75, 3.05) is 39.5 Å². The first-order chi connectivity index (χ1) is 21.2. The number of urea groups is 1. The van der Waals surface area contributed by atoms with Gasteiger partial charge in [0.25, 0.3) is 5.91 Å². The highest BCUT2D eigenvalue weighted by Crippen LogP contribution is 2.44. The van der Waals surface area contributed by atoms with Crippen molar-refractivity contribution in [1.82, 2.24) is 20.9 Å². The maximum Gasteiger partial charge on any atom is 0.407 e. The third kappa shape index (κ3) is 9.92. The molecule has 0 spiro atoms. The standard InChI is InChI=1S/C33H45FN4O6/c1-24(26-8-3-2-4-9-26)36-30(40)29(39)28(10-5-6-17-35-31(41)38-18-20-43-21-19-38)37-32(42)44-23-33(15-7-16-33)22-25-11-13-27(34)14-12-25/h2-4,8-9,11-14,24,28-29,39H,5-7,10,15-23H2,1H3,(H,35,41)(H,36,40)(H,37,42)/t24-,28+,29?/m1/s1. The van der Waals surface area contributed by atoms with Gasteiger partial charge in [-0.15, -0.1) is 0 Å². The number of benzene rings is 2. The fraction of sp³-hybridized carbons (Fsp3) is 0.545. The Kier molecular flexibility index (Phi) is 12.4. The molecule has 1 heterocycles. The lowest BCUT2D eigenvalue weighted by Gasteiger charge is -2.41. The molecule has 1 aliphatic heterocycles. The third-order valence-electron chi connectivity index (χ3n) is 8.54. The van der Waals surface area contributed by atoms with Gasteiger partial charge in [0.2, 0.25) is 0 Å². The van der Waals surface area contributed by atoms with Crippen LogP contribution in [0, 0.1) is 11.2 Å². The van der Waals surface area contributed by atoms with Gasteiger partial charge in [0, 0.05) is 25.0 Å². The normalized spacial score (nSPS) is 17.8. The van der Waals surface area contributed by atoms with Crippen LogP contribution in [-0.4, -0.2) is 79.6 Å². The molecule has 4 amide bonds. The second kappa shape index (κ2) is 16.4. The minimum Gasteiger partial charge on any atom is -0.449 e. The molecular weight excluding hydrogens is 567 g/mol. The maximum absolute atomic E-state index is 13.4. The second-order valence-electron chi connectivity index (χ2n) is 11.9. The van der Waals surface area contributed by atoms with Crippen molar-refractivity contribution in [3.63, 3.8) is 0 Å². The van der Waals surface area contributed by atoms with Crippen LogP contribution in [0.3, 0.4) is 0 Å². The number of halogens is 1. The Labute approximate surface area is 258 Å². The van der Waals surface area contributed by atoms with Crippen LogP contribution in [0.25, 0.3) is 0 Å². The molecule has 1 unspecified atom stereocenters. The molecule has 0 aromatic heterocycles. The number of carbonyl (C=O) groups excluding carboxylic acids is 3. The predicted octanol–water partition coefficient (Wildman–Crippen LogP) is 4.08. The average Bonchev–Trinajstić information content (AvgIpc) is 3.02.